The van der Waals surface area contributed by atoms with E-state index in [4.69, 9.17) is 4.74 Å². The first-order chi connectivity index (χ1) is 9.76. The Morgan fingerprint density at radius 1 is 0.900 bits per heavy atom. The summed E-state index contributed by atoms with van der Waals surface area (Å²) in [6.45, 7) is 4.56. The van der Waals surface area contributed by atoms with Gasteiger partial charge in [-0.3, -0.25) is 4.79 Å². The molecule has 2 nitrogen and oxygen atoms in total. The molecule has 0 aliphatic rings. The number of hydrogen-bond donors (Lipinski definition) is 0. The summed E-state index contributed by atoms with van der Waals surface area (Å²) < 4.78 is 4.92. The van der Waals surface area contributed by atoms with Gasteiger partial charge in [0.1, 0.15) is 0 Å². The molecule has 0 fully saturated rings. The normalized spacial score (nSPS) is 10.5. The first-order valence-electron chi connectivity index (χ1n) is 7.99. The van der Waals surface area contributed by atoms with Crippen LogP contribution in [0.3, 0.4) is 0 Å². The van der Waals surface area contributed by atoms with Crippen molar-refractivity contribution in [2.45, 2.75) is 65.2 Å². The minimum atomic E-state index is -0.0833. The van der Waals surface area contributed by atoms with Gasteiger partial charge in [0.15, 0.2) is 0 Å². The van der Waals surface area contributed by atoms with Gasteiger partial charge in [-0.2, -0.15) is 0 Å². The fourth-order valence-corrected chi connectivity index (χ4v) is 2.30. The monoisotopic (exact) mass is 276 g/mol. The molecule has 0 atom stereocenters. The second-order valence-corrected chi connectivity index (χ2v) is 5.29. The van der Waals surface area contributed by atoms with E-state index in [0.717, 1.165) is 12.8 Å². The number of unbranched alkanes of at least 4 members (excludes halogenated alkanes) is 3. The number of esters is 1. The van der Waals surface area contributed by atoms with Crippen LogP contribution in [0, 0.1) is 0 Å². The minimum absolute atomic E-state index is 0.0833. The minimum Gasteiger partial charge on any atom is -0.466 e. The van der Waals surface area contributed by atoms with Crippen LogP contribution in [-0.2, 0) is 22.4 Å². The predicted octanol–water partition coefficient (Wildman–Crippen LogP) is 4.70. The smallest absolute Gasteiger partial charge is 0.305 e. The second kappa shape index (κ2) is 10.5. The van der Waals surface area contributed by atoms with Gasteiger partial charge in [0.05, 0.1) is 6.61 Å². The van der Waals surface area contributed by atoms with Gasteiger partial charge >= 0.3 is 5.97 Å². The summed E-state index contributed by atoms with van der Waals surface area (Å²) in [7, 11) is 0. The summed E-state index contributed by atoms with van der Waals surface area (Å²) in [6, 6.07) is 8.85. The molecule has 0 aromatic heterocycles. The van der Waals surface area contributed by atoms with Crippen molar-refractivity contribution in [2.24, 2.45) is 0 Å². The second-order valence-electron chi connectivity index (χ2n) is 5.29. The maximum absolute atomic E-state index is 11.2. The third-order valence-electron chi connectivity index (χ3n) is 3.49. The highest BCUT2D eigenvalue weighted by atomic mass is 16.5. The third kappa shape index (κ3) is 7.32. The quantitative estimate of drug-likeness (QED) is 0.457. The topological polar surface area (TPSA) is 26.3 Å². The maximum atomic E-state index is 11.2. The summed E-state index contributed by atoms with van der Waals surface area (Å²) in [6.07, 6.45) is 8.78. The van der Waals surface area contributed by atoms with Crippen LogP contribution in [0.15, 0.2) is 24.3 Å². The van der Waals surface area contributed by atoms with E-state index in [1.807, 2.05) is 6.92 Å². The molecule has 1 aromatic carbocycles. The molecule has 0 saturated heterocycles. The van der Waals surface area contributed by atoms with Gasteiger partial charge in [-0.15, -0.1) is 0 Å². The highest BCUT2D eigenvalue weighted by Crippen LogP contribution is 2.11. The zero-order valence-electron chi connectivity index (χ0n) is 13.0. The molecular weight excluding hydrogens is 248 g/mol. The van der Waals surface area contributed by atoms with Crippen LogP contribution in [0.5, 0.6) is 0 Å². The SMILES string of the molecule is CCCCCCc1ccc(CCCC(=O)OCC)cc1. The van der Waals surface area contributed by atoms with Crippen LogP contribution in [0.1, 0.15) is 63.5 Å². The summed E-state index contributed by atoms with van der Waals surface area (Å²) in [5, 5.41) is 0. The van der Waals surface area contributed by atoms with Gasteiger partial charge in [-0.25, -0.2) is 0 Å². The Bertz CT molecular complexity index is 368. The molecule has 1 rings (SSSR count). The van der Waals surface area contributed by atoms with Crippen molar-refractivity contribution in [1.29, 1.82) is 0 Å². The van der Waals surface area contributed by atoms with Crippen LogP contribution >= 0.6 is 0 Å². The van der Waals surface area contributed by atoms with Crippen LogP contribution in [0.2, 0.25) is 0 Å². The van der Waals surface area contributed by atoms with Crippen molar-refractivity contribution in [2.75, 3.05) is 6.61 Å². The van der Waals surface area contributed by atoms with Gasteiger partial charge in [-0.05, 0) is 43.7 Å². The molecule has 0 bridgehead atoms. The van der Waals surface area contributed by atoms with Crippen LogP contribution in [-0.4, -0.2) is 12.6 Å². The molecule has 1 aromatic rings. The number of rotatable bonds is 10. The molecule has 0 radical (unpaired) electrons. The van der Waals surface area contributed by atoms with E-state index in [9.17, 15) is 4.79 Å². The fraction of sp³-hybridized carbons (Fsp3) is 0.611. The Morgan fingerprint density at radius 2 is 1.50 bits per heavy atom. The molecule has 0 N–H and O–H groups in total. The van der Waals surface area contributed by atoms with E-state index in [1.165, 1.54) is 43.2 Å². The fourth-order valence-electron chi connectivity index (χ4n) is 2.30. The zero-order chi connectivity index (χ0) is 14.6. The molecule has 0 aliphatic carbocycles. The maximum Gasteiger partial charge on any atom is 0.305 e. The van der Waals surface area contributed by atoms with E-state index in [-0.39, 0.29) is 5.97 Å². The number of benzene rings is 1. The van der Waals surface area contributed by atoms with E-state index < -0.39 is 0 Å². The predicted molar refractivity (Wildman–Crippen MR) is 83.9 cm³/mol. The Morgan fingerprint density at radius 3 is 2.05 bits per heavy atom. The molecule has 0 saturated carbocycles. The van der Waals surface area contributed by atoms with Crippen LogP contribution in [0.4, 0.5) is 0 Å². The van der Waals surface area contributed by atoms with Gasteiger partial charge < -0.3 is 4.74 Å². The Balaban J connectivity index is 2.23. The molecule has 0 spiro atoms. The first kappa shape index (κ1) is 16.7. The van der Waals surface area contributed by atoms with Crippen LogP contribution in [0.25, 0.3) is 0 Å². The van der Waals surface area contributed by atoms with Crippen molar-refractivity contribution >= 4 is 5.97 Å². The average molecular weight is 276 g/mol. The lowest BCUT2D eigenvalue weighted by atomic mass is 10.0. The van der Waals surface area contributed by atoms with E-state index in [0.29, 0.717) is 13.0 Å². The lowest BCUT2D eigenvalue weighted by Crippen LogP contribution is -2.04. The van der Waals surface area contributed by atoms with E-state index in [1.54, 1.807) is 0 Å². The van der Waals surface area contributed by atoms with Gasteiger partial charge in [0, 0.05) is 6.42 Å². The summed E-state index contributed by atoms with van der Waals surface area (Å²) in [5.74, 6) is -0.0833. The third-order valence-corrected chi connectivity index (χ3v) is 3.49. The number of aryl methyl sites for hydroxylation is 2. The first-order valence-corrected chi connectivity index (χ1v) is 7.99. The van der Waals surface area contributed by atoms with Crippen molar-refractivity contribution in [3.63, 3.8) is 0 Å². The molecule has 20 heavy (non-hydrogen) atoms. The standard InChI is InChI=1S/C18H28O2/c1-3-5-6-7-9-16-12-14-17(15-13-16)10-8-11-18(19)20-4-2/h12-15H,3-11H2,1-2H3. The van der Waals surface area contributed by atoms with Crippen LogP contribution < -0.4 is 0 Å². The number of carbonyl (C=O) groups is 1. The molecule has 2 heteroatoms. The molecule has 0 heterocycles. The van der Waals surface area contributed by atoms with Crippen molar-refractivity contribution in [3.05, 3.63) is 35.4 Å². The van der Waals surface area contributed by atoms with Gasteiger partial charge in [-0.1, -0.05) is 50.5 Å². The summed E-state index contributed by atoms with van der Waals surface area (Å²) in [5.41, 5.74) is 2.74. The zero-order valence-corrected chi connectivity index (χ0v) is 13.0. The Labute approximate surface area is 123 Å². The van der Waals surface area contributed by atoms with Gasteiger partial charge in [0.2, 0.25) is 0 Å². The molecular formula is C18H28O2. The molecule has 0 unspecified atom stereocenters. The van der Waals surface area contributed by atoms with Crippen molar-refractivity contribution < 1.29 is 9.53 Å². The Kier molecular flexibility index (Phi) is 8.77. The van der Waals surface area contributed by atoms with E-state index >= 15 is 0 Å². The highest BCUT2D eigenvalue weighted by molar-refractivity contribution is 5.69. The number of ether oxygens (including phenoxy) is 1. The lowest BCUT2D eigenvalue weighted by molar-refractivity contribution is -0.143. The summed E-state index contributed by atoms with van der Waals surface area (Å²) >= 11 is 0. The molecule has 112 valence electrons. The lowest BCUT2D eigenvalue weighted by Gasteiger charge is -2.05. The molecule has 0 aliphatic heterocycles. The van der Waals surface area contributed by atoms with Crippen molar-refractivity contribution in [3.8, 4) is 0 Å². The number of carbonyl (C=O) groups excluding carboxylic acids is 1. The largest absolute Gasteiger partial charge is 0.466 e. The van der Waals surface area contributed by atoms with Crippen molar-refractivity contribution in [1.82, 2.24) is 0 Å². The molecule has 0 amide bonds. The average Bonchev–Trinajstić information content (AvgIpc) is 2.45. The highest BCUT2D eigenvalue weighted by Gasteiger charge is 2.02. The summed E-state index contributed by atoms with van der Waals surface area (Å²) in [4.78, 5) is 11.2. The Hall–Kier alpha value is -1.31. The number of hydrogen-bond acceptors (Lipinski definition) is 2. The van der Waals surface area contributed by atoms with E-state index in [2.05, 4.69) is 31.2 Å². The van der Waals surface area contributed by atoms with Gasteiger partial charge in [0.25, 0.3) is 0 Å².